The summed E-state index contributed by atoms with van der Waals surface area (Å²) >= 11 is 0. The Kier molecular flexibility index (Phi) is 6.98. The first-order chi connectivity index (χ1) is 15.6. The molecule has 2 aromatic carbocycles. The van der Waals surface area contributed by atoms with Crippen LogP contribution in [0.2, 0.25) is 0 Å². The first kappa shape index (κ1) is 24.1. The molecule has 0 radical (unpaired) electrons. The summed E-state index contributed by atoms with van der Waals surface area (Å²) in [7, 11) is 0.566. The van der Waals surface area contributed by atoms with Crippen LogP contribution in [0.5, 0.6) is 5.75 Å². The minimum Gasteiger partial charge on any atom is -0.490 e. The number of methoxy groups -OCH3 is 1. The van der Waals surface area contributed by atoms with E-state index in [1.54, 1.807) is 6.07 Å². The number of benzene rings is 2. The zero-order valence-electron chi connectivity index (χ0n) is 18.6. The van der Waals surface area contributed by atoms with Gasteiger partial charge >= 0.3 is 11.7 Å². The van der Waals surface area contributed by atoms with E-state index in [9.17, 15) is 23.3 Å². The summed E-state index contributed by atoms with van der Waals surface area (Å²) < 4.78 is 38.2. The molecular weight excluding hydrogens is 452 g/mol. The lowest BCUT2D eigenvalue weighted by Gasteiger charge is -2.11. The van der Waals surface area contributed by atoms with Gasteiger partial charge in [0.15, 0.2) is 5.75 Å². The smallest absolute Gasteiger partial charge is 0.338 e. The van der Waals surface area contributed by atoms with E-state index in [1.807, 2.05) is 11.5 Å². The molecule has 0 saturated carbocycles. The Labute approximate surface area is 190 Å². The van der Waals surface area contributed by atoms with Gasteiger partial charge in [-0.2, -0.15) is 0 Å². The van der Waals surface area contributed by atoms with E-state index in [1.165, 1.54) is 45.5 Å². The maximum atomic E-state index is 12.5. The van der Waals surface area contributed by atoms with Crippen molar-refractivity contribution < 1.29 is 27.6 Å². The topological polar surface area (TPSA) is 134 Å². The summed E-state index contributed by atoms with van der Waals surface area (Å²) in [4.78, 5) is 27.7. The third-order valence-corrected chi connectivity index (χ3v) is 6.78. The van der Waals surface area contributed by atoms with Crippen molar-refractivity contribution in [2.24, 2.45) is 0 Å². The van der Waals surface area contributed by atoms with Crippen molar-refractivity contribution in [3.63, 3.8) is 0 Å². The number of ether oxygens (including phenoxy) is 2. The maximum absolute atomic E-state index is 12.5. The van der Waals surface area contributed by atoms with Gasteiger partial charge in [-0.3, -0.25) is 10.1 Å². The third kappa shape index (κ3) is 4.81. The zero-order valence-corrected chi connectivity index (χ0v) is 19.5. The van der Waals surface area contributed by atoms with Crippen molar-refractivity contribution in [2.45, 2.75) is 31.4 Å². The Hall–Kier alpha value is -3.51. The molecule has 3 aromatic rings. The van der Waals surface area contributed by atoms with Gasteiger partial charge in [-0.15, -0.1) is 0 Å². The number of esters is 1. The molecule has 0 aliphatic rings. The van der Waals surface area contributed by atoms with Crippen LogP contribution in [-0.4, -0.2) is 54.4 Å². The Morgan fingerprint density at radius 1 is 1.21 bits per heavy atom. The number of hydrogen-bond donors (Lipinski definition) is 0. The normalized spacial score (nSPS) is 11.7. The van der Waals surface area contributed by atoms with Crippen molar-refractivity contribution in [3.05, 3.63) is 57.9 Å². The number of sulfonamides is 1. The molecule has 0 bridgehead atoms. The SMILES string of the molecule is CCCn1c(COC(=O)c2ccc(OC)c([N+](=O)[O-])c2)nc2cc(S(=O)(=O)N(C)C)ccc21. The predicted molar refractivity (Wildman–Crippen MR) is 120 cm³/mol. The van der Waals surface area contributed by atoms with Crippen LogP contribution >= 0.6 is 0 Å². The van der Waals surface area contributed by atoms with Crippen molar-refractivity contribution >= 4 is 32.7 Å². The summed E-state index contributed by atoms with van der Waals surface area (Å²) in [5.74, 6) is -0.292. The second-order valence-corrected chi connectivity index (χ2v) is 9.49. The van der Waals surface area contributed by atoms with E-state index >= 15 is 0 Å². The molecular formula is C21H24N4O7S. The predicted octanol–water partition coefficient (Wildman–Crippen LogP) is 2.97. The average Bonchev–Trinajstić information content (AvgIpc) is 3.13. The quantitative estimate of drug-likeness (QED) is 0.261. The van der Waals surface area contributed by atoms with E-state index < -0.39 is 20.9 Å². The van der Waals surface area contributed by atoms with Crippen LogP contribution in [0.4, 0.5) is 5.69 Å². The molecule has 0 aliphatic carbocycles. The highest BCUT2D eigenvalue weighted by molar-refractivity contribution is 7.89. The number of rotatable bonds is 9. The van der Waals surface area contributed by atoms with E-state index in [-0.39, 0.29) is 28.5 Å². The van der Waals surface area contributed by atoms with E-state index in [4.69, 9.17) is 9.47 Å². The van der Waals surface area contributed by atoms with E-state index in [2.05, 4.69) is 4.98 Å². The standard InChI is InChI=1S/C21H24N4O7S/c1-5-10-24-17-8-7-15(33(29,30)23(2)3)12-16(17)22-20(24)13-32-21(26)14-6-9-19(31-4)18(11-14)25(27)28/h6-9,11-12H,5,10,13H2,1-4H3. The Morgan fingerprint density at radius 3 is 2.55 bits per heavy atom. The molecule has 12 heteroatoms. The number of nitro benzene ring substituents is 1. The van der Waals surface area contributed by atoms with E-state index in [0.29, 0.717) is 23.4 Å². The van der Waals surface area contributed by atoms with Crippen LogP contribution in [0.3, 0.4) is 0 Å². The molecule has 1 aromatic heterocycles. The summed E-state index contributed by atoms with van der Waals surface area (Å²) in [6.45, 7) is 2.36. The Bertz CT molecular complexity index is 1320. The number of nitrogens with zero attached hydrogens (tertiary/aromatic N) is 4. The fraction of sp³-hybridized carbons (Fsp3) is 0.333. The van der Waals surface area contributed by atoms with Gasteiger partial charge in [0.1, 0.15) is 12.4 Å². The molecule has 0 fully saturated rings. The molecule has 1 heterocycles. The second-order valence-electron chi connectivity index (χ2n) is 7.34. The molecule has 0 N–H and O–H groups in total. The summed E-state index contributed by atoms with van der Waals surface area (Å²) in [5.41, 5.74) is 0.818. The van der Waals surface area contributed by atoms with Gasteiger partial charge in [0.25, 0.3) is 0 Å². The molecule has 0 unspecified atom stereocenters. The van der Waals surface area contributed by atoms with Crippen molar-refractivity contribution in [1.82, 2.24) is 13.9 Å². The van der Waals surface area contributed by atoms with Crippen LogP contribution in [0.15, 0.2) is 41.3 Å². The van der Waals surface area contributed by atoms with Crippen LogP contribution in [0.1, 0.15) is 29.5 Å². The Morgan fingerprint density at radius 2 is 1.94 bits per heavy atom. The molecule has 0 saturated heterocycles. The summed E-state index contributed by atoms with van der Waals surface area (Å²) in [6, 6.07) is 8.46. The lowest BCUT2D eigenvalue weighted by atomic mass is 10.2. The van der Waals surface area contributed by atoms with Crippen molar-refractivity contribution in [3.8, 4) is 5.75 Å². The lowest BCUT2D eigenvalue weighted by Crippen LogP contribution is -2.22. The van der Waals surface area contributed by atoms with Crippen LogP contribution in [-0.2, 0) is 27.9 Å². The van der Waals surface area contributed by atoms with Gasteiger partial charge in [-0.25, -0.2) is 22.5 Å². The van der Waals surface area contributed by atoms with Crippen LogP contribution in [0, 0.1) is 10.1 Å². The van der Waals surface area contributed by atoms with Gasteiger partial charge in [0.05, 0.1) is 33.5 Å². The van der Waals surface area contributed by atoms with E-state index in [0.717, 1.165) is 16.8 Å². The first-order valence-electron chi connectivity index (χ1n) is 10.0. The molecule has 0 aliphatic heterocycles. The fourth-order valence-corrected chi connectivity index (χ4v) is 4.21. The molecule has 0 spiro atoms. The lowest BCUT2D eigenvalue weighted by molar-refractivity contribution is -0.385. The van der Waals surface area contributed by atoms with Gasteiger partial charge in [0.2, 0.25) is 10.0 Å². The summed E-state index contributed by atoms with van der Waals surface area (Å²) in [5, 5.41) is 11.2. The largest absolute Gasteiger partial charge is 0.490 e. The third-order valence-electron chi connectivity index (χ3n) is 4.97. The molecule has 176 valence electrons. The molecule has 11 nitrogen and oxygen atoms in total. The summed E-state index contributed by atoms with van der Waals surface area (Å²) in [6.07, 6.45) is 0.773. The van der Waals surface area contributed by atoms with Gasteiger partial charge in [-0.1, -0.05) is 6.92 Å². The van der Waals surface area contributed by atoms with Crippen molar-refractivity contribution in [2.75, 3.05) is 21.2 Å². The average molecular weight is 477 g/mol. The number of hydrogen-bond acceptors (Lipinski definition) is 8. The van der Waals surface area contributed by atoms with Crippen molar-refractivity contribution in [1.29, 1.82) is 0 Å². The second kappa shape index (κ2) is 9.55. The zero-order chi connectivity index (χ0) is 24.3. The number of carbonyl (C=O) groups excluding carboxylic acids is 1. The van der Waals surface area contributed by atoms with Crippen LogP contribution < -0.4 is 4.74 Å². The Balaban J connectivity index is 1.91. The minimum atomic E-state index is -3.63. The highest BCUT2D eigenvalue weighted by Crippen LogP contribution is 2.28. The maximum Gasteiger partial charge on any atom is 0.338 e. The van der Waals surface area contributed by atoms with Gasteiger partial charge in [0, 0.05) is 26.7 Å². The molecule has 0 atom stereocenters. The van der Waals surface area contributed by atoms with Gasteiger partial charge in [-0.05, 0) is 36.8 Å². The number of imidazole rings is 1. The number of aromatic nitrogens is 2. The number of fused-ring (bicyclic) bond motifs is 1. The molecule has 3 rings (SSSR count). The first-order valence-corrected chi connectivity index (χ1v) is 11.4. The highest BCUT2D eigenvalue weighted by atomic mass is 32.2. The minimum absolute atomic E-state index is 0.0000141. The number of aryl methyl sites for hydroxylation is 1. The van der Waals surface area contributed by atoms with Crippen LogP contribution in [0.25, 0.3) is 11.0 Å². The monoisotopic (exact) mass is 476 g/mol. The fourth-order valence-electron chi connectivity index (χ4n) is 3.29. The number of nitro groups is 1. The van der Waals surface area contributed by atoms with Gasteiger partial charge < -0.3 is 14.0 Å². The molecule has 0 amide bonds. The molecule has 33 heavy (non-hydrogen) atoms. The number of carbonyl (C=O) groups is 1. The highest BCUT2D eigenvalue weighted by Gasteiger charge is 2.22.